The number of nitrogens with zero attached hydrogens (tertiary/aromatic N) is 1. The van der Waals surface area contributed by atoms with Crippen LogP contribution >= 0.6 is 0 Å². The number of carboxylic acid groups (broad SMARTS) is 1. The highest BCUT2D eigenvalue weighted by Gasteiger charge is 2.38. The van der Waals surface area contributed by atoms with Crippen molar-refractivity contribution in [2.45, 2.75) is 38.7 Å². The van der Waals surface area contributed by atoms with E-state index >= 15 is 0 Å². The molecule has 0 saturated heterocycles. The number of aromatic nitrogens is 4. The van der Waals surface area contributed by atoms with Crippen molar-refractivity contribution in [2.24, 2.45) is 0 Å². The summed E-state index contributed by atoms with van der Waals surface area (Å²) >= 11 is 0. The van der Waals surface area contributed by atoms with E-state index in [0.717, 1.165) is 17.8 Å². The Hall–Kier alpha value is -4.30. The number of H-pyrrole nitrogens is 3. The topological polar surface area (TPSA) is 141 Å². The van der Waals surface area contributed by atoms with Crippen molar-refractivity contribution in [3.05, 3.63) is 78.9 Å². The number of ether oxygens (including phenoxy) is 1. The lowest BCUT2D eigenvalue weighted by Crippen LogP contribution is -2.46. The Morgan fingerprint density at radius 3 is 2.00 bits per heavy atom. The Morgan fingerprint density at radius 1 is 0.973 bits per heavy atom. The van der Waals surface area contributed by atoms with Crippen LogP contribution < -0.4 is 26.6 Å². The van der Waals surface area contributed by atoms with Crippen LogP contribution in [-0.4, -0.2) is 43.6 Å². The number of alkyl halides is 6. The van der Waals surface area contributed by atoms with Gasteiger partial charge in [0.15, 0.2) is 0 Å². The molecule has 2 heterocycles. The summed E-state index contributed by atoms with van der Waals surface area (Å²) in [5.74, 6) is -3.19. The molecule has 0 aliphatic heterocycles. The molecule has 0 aliphatic carbocycles. The Morgan fingerprint density at radius 2 is 1.51 bits per heavy atom. The number of hydrogen-bond acceptors (Lipinski definition) is 5. The quantitative estimate of drug-likeness (QED) is 0.380. The highest BCUT2D eigenvalue weighted by molar-refractivity contribution is 5.73. The molecule has 15 heteroatoms. The van der Waals surface area contributed by atoms with E-state index in [2.05, 4.69) is 24.7 Å². The largest absolute Gasteiger partial charge is 0.573 e. The number of rotatable bonds is 3. The van der Waals surface area contributed by atoms with Gasteiger partial charge in [-0.25, -0.2) is 9.78 Å². The van der Waals surface area contributed by atoms with E-state index in [0.29, 0.717) is 5.69 Å². The van der Waals surface area contributed by atoms with E-state index in [4.69, 9.17) is 9.90 Å². The third-order valence-electron chi connectivity index (χ3n) is 4.33. The lowest BCUT2D eigenvalue weighted by molar-refractivity contribution is -0.274. The molecule has 200 valence electrons. The Balaban J connectivity index is 0.000000604. The number of aliphatic carboxylic acids is 1. The van der Waals surface area contributed by atoms with Gasteiger partial charge in [-0.05, 0) is 29.8 Å². The van der Waals surface area contributed by atoms with Crippen molar-refractivity contribution in [2.75, 3.05) is 0 Å². The normalized spacial score (nSPS) is 13.2. The summed E-state index contributed by atoms with van der Waals surface area (Å²) in [6.07, 6.45) is -5.71. The molecule has 4 N–H and O–H groups in total. The smallest absolute Gasteiger partial charge is 0.475 e. The lowest BCUT2D eigenvalue weighted by atomic mass is 9.90. The van der Waals surface area contributed by atoms with Gasteiger partial charge in [-0.2, -0.15) is 13.2 Å². The molecule has 0 fully saturated rings. The monoisotopic (exact) mass is 534 g/mol. The molecule has 1 aromatic carbocycles. The zero-order valence-electron chi connectivity index (χ0n) is 19.3. The van der Waals surface area contributed by atoms with Crippen LogP contribution in [0.4, 0.5) is 26.3 Å². The second-order valence-electron chi connectivity index (χ2n) is 8.36. The SMILES string of the molecule is CC(C)(C)c1[nH]cnc1/C=c1\[nH]c(=O)/c(=C/c2cccc(OC(F)(F)F)c2)[nH]c1=O.O=C(O)C(F)(F)F. The molecule has 0 saturated carbocycles. The minimum Gasteiger partial charge on any atom is -0.475 e. The molecular weight excluding hydrogens is 514 g/mol. The minimum atomic E-state index is -5.08. The van der Waals surface area contributed by atoms with E-state index < -0.39 is 35.4 Å². The molecule has 0 unspecified atom stereocenters. The van der Waals surface area contributed by atoms with E-state index in [9.17, 15) is 35.9 Å². The number of aromatic amines is 3. The summed E-state index contributed by atoms with van der Waals surface area (Å²) < 4.78 is 72.7. The van der Waals surface area contributed by atoms with E-state index in [1.165, 1.54) is 30.6 Å². The lowest BCUT2D eigenvalue weighted by Gasteiger charge is -2.16. The van der Waals surface area contributed by atoms with Gasteiger partial charge in [-0.15, -0.1) is 13.2 Å². The standard InChI is InChI=1S/C20H19F3N4O3.C2HF3O2/c1-19(2,3)16-13(24-10-25-16)9-15-18(29)26-14(17(28)27-15)8-11-5-4-6-12(7-11)30-20(21,22)23;3-2(4,5)1(6)7/h4-10H,1-3H3,(H,24,25)(H,26,29)(H,27,28);(H,6,7)/b14-8-,15-9-;. The number of hydrogen-bond donors (Lipinski definition) is 4. The molecule has 2 aromatic heterocycles. The maximum Gasteiger partial charge on any atom is 0.573 e. The second kappa shape index (κ2) is 10.8. The minimum absolute atomic E-state index is 0.00362. The third kappa shape index (κ3) is 8.70. The van der Waals surface area contributed by atoms with Crippen LogP contribution in [0, 0.1) is 0 Å². The van der Waals surface area contributed by atoms with Gasteiger partial charge < -0.3 is 24.8 Å². The van der Waals surface area contributed by atoms with Crippen LogP contribution in [-0.2, 0) is 10.2 Å². The van der Waals surface area contributed by atoms with Gasteiger partial charge in [0.05, 0.1) is 12.0 Å². The van der Waals surface area contributed by atoms with Gasteiger partial charge in [0, 0.05) is 11.1 Å². The molecule has 3 rings (SSSR count). The summed E-state index contributed by atoms with van der Waals surface area (Å²) in [7, 11) is 0. The highest BCUT2D eigenvalue weighted by Crippen LogP contribution is 2.24. The first kappa shape index (κ1) is 28.9. The molecule has 0 atom stereocenters. The highest BCUT2D eigenvalue weighted by atomic mass is 19.4. The summed E-state index contributed by atoms with van der Waals surface area (Å²) in [6.45, 7) is 5.92. The summed E-state index contributed by atoms with van der Waals surface area (Å²) in [5, 5.41) is 7.02. The fourth-order valence-corrected chi connectivity index (χ4v) is 2.82. The van der Waals surface area contributed by atoms with Crippen molar-refractivity contribution < 1.29 is 41.0 Å². The third-order valence-corrected chi connectivity index (χ3v) is 4.33. The Kier molecular flexibility index (Phi) is 8.41. The van der Waals surface area contributed by atoms with Crippen LogP contribution in [0.2, 0.25) is 0 Å². The molecule has 0 aliphatic rings. The predicted molar refractivity (Wildman–Crippen MR) is 118 cm³/mol. The van der Waals surface area contributed by atoms with Gasteiger partial charge >= 0.3 is 18.5 Å². The van der Waals surface area contributed by atoms with E-state index in [-0.39, 0.29) is 21.7 Å². The fraction of sp³-hybridized carbons (Fsp3) is 0.273. The predicted octanol–water partition coefficient (Wildman–Crippen LogP) is 2.27. The van der Waals surface area contributed by atoms with Crippen molar-refractivity contribution >= 4 is 18.1 Å². The van der Waals surface area contributed by atoms with Crippen LogP contribution in [0.1, 0.15) is 37.7 Å². The van der Waals surface area contributed by atoms with Crippen molar-refractivity contribution in [3.8, 4) is 5.75 Å². The Bertz CT molecular complexity index is 1490. The number of halogens is 6. The van der Waals surface area contributed by atoms with Gasteiger partial charge in [0.25, 0.3) is 11.1 Å². The molecule has 0 amide bonds. The molecule has 3 aromatic rings. The van der Waals surface area contributed by atoms with Crippen LogP contribution in [0.3, 0.4) is 0 Å². The van der Waals surface area contributed by atoms with Gasteiger partial charge in [0.2, 0.25) is 0 Å². The molecule has 0 radical (unpaired) electrons. The maximum absolute atomic E-state index is 12.4. The molecule has 0 bridgehead atoms. The number of carbonyl (C=O) groups is 1. The summed E-state index contributed by atoms with van der Waals surface area (Å²) in [5.41, 5.74) is 0.100. The first-order valence-corrected chi connectivity index (χ1v) is 10.1. The average Bonchev–Trinajstić information content (AvgIpc) is 3.19. The van der Waals surface area contributed by atoms with E-state index in [1.54, 1.807) is 0 Å². The van der Waals surface area contributed by atoms with Crippen LogP contribution in [0.25, 0.3) is 12.2 Å². The van der Waals surface area contributed by atoms with Crippen LogP contribution in [0.5, 0.6) is 5.75 Å². The number of nitrogens with one attached hydrogen (secondary N) is 3. The van der Waals surface area contributed by atoms with Gasteiger partial charge in [-0.3, -0.25) is 9.59 Å². The van der Waals surface area contributed by atoms with Crippen molar-refractivity contribution in [1.29, 1.82) is 0 Å². The molecule has 9 nitrogen and oxygen atoms in total. The number of benzene rings is 1. The van der Waals surface area contributed by atoms with Crippen molar-refractivity contribution in [3.63, 3.8) is 0 Å². The number of imidazole rings is 1. The number of carboxylic acids is 1. The summed E-state index contributed by atoms with van der Waals surface area (Å²) in [4.78, 5) is 45.9. The zero-order chi connectivity index (χ0) is 28.2. The maximum atomic E-state index is 12.4. The molecule has 37 heavy (non-hydrogen) atoms. The van der Waals surface area contributed by atoms with Gasteiger partial charge in [0.1, 0.15) is 16.4 Å². The van der Waals surface area contributed by atoms with Crippen molar-refractivity contribution in [1.82, 2.24) is 19.9 Å². The first-order valence-electron chi connectivity index (χ1n) is 10.1. The Labute approximate surface area is 203 Å². The second-order valence-corrected chi connectivity index (χ2v) is 8.36. The van der Waals surface area contributed by atoms with Crippen LogP contribution in [0.15, 0.2) is 40.2 Å². The van der Waals surface area contributed by atoms with E-state index in [1.807, 2.05) is 20.8 Å². The molecular formula is C22H20F6N4O5. The first-order chi connectivity index (χ1) is 16.9. The average molecular weight is 534 g/mol. The molecule has 0 spiro atoms. The fourth-order valence-electron chi connectivity index (χ4n) is 2.82. The zero-order valence-corrected chi connectivity index (χ0v) is 19.3. The van der Waals surface area contributed by atoms with Gasteiger partial charge in [-0.1, -0.05) is 32.9 Å². The summed E-state index contributed by atoms with van der Waals surface area (Å²) in [6, 6.07) is 5.05.